The van der Waals surface area contributed by atoms with Crippen LogP contribution < -0.4 is 0 Å². The van der Waals surface area contributed by atoms with Crippen LogP contribution in [0.25, 0.3) is 0 Å². The molecule has 1 aromatic heterocycles. The van der Waals surface area contributed by atoms with Crippen molar-refractivity contribution in [3.8, 4) is 0 Å². The summed E-state index contributed by atoms with van der Waals surface area (Å²) in [6, 6.07) is 0. The predicted molar refractivity (Wildman–Crippen MR) is 67.1 cm³/mol. The Hall–Kier alpha value is -1.39. The second-order valence-electron chi connectivity index (χ2n) is 5.29. The van der Waals surface area contributed by atoms with E-state index in [1.54, 1.807) is 20.8 Å². The summed E-state index contributed by atoms with van der Waals surface area (Å²) in [4.78, 5) is 16.1. The average Bonchev–Trinajstić information content (AvgIpc) is 2.75. The SMILES string of the molecule is CCOC(=O)C(C)(C)c1nc(CCC(C)C)no1. The van der Waals surface area contributed by atoms with Gasteiger partial charge in [0.2, 0.25) is 5.89 Å². The molecule has 102 valence electrons. The molecule has 0 bridgehead atoms. The largest absolute Gasteiger partial charge is 0.465 e. The maximum absolute atomic E-state index is 11.8. The molecule has 0 atom stereocenters. The molecule has 0 unspecified atom stereocenters. The minimum Gasteiger partial charge on any atom is -0.465 e. The second-order valence-corrected chi connectivity index (χ2v) is 5.29. The molecule has 0 aliphatic carbocycles. The molecule has 0 fully saturated rings. The topological polar surface area (TPSA) is 65.2 Å². The van der Waals surface area contributed by atoms with Gasteiger partial charge in [0, 0.05) is 6.42 Å². The van der Waals surface area contributed by atoms with Crippen LogP contribution in [0.1, 0.15) is 52.8 Å². The quantitative estimate of drug-likeness (QED) is 0.730. The Morgan fingerprint density at radius 1 is 1.44 bits per heavy atom. The molecular weight excluding hydrogens is 232 g/mol. The Labute approximate surface area is 108 Å². The summed E-state index contributed by atoms with van der Waals surface area (Å²) in [6.07, 6.45) is 1.76. The Morgan fingerprint density at radius 2 is 2.11 bits per heavy atom. The van der Waals surface area contributed by atoms with Crippen LogP contribution in [0.15, 0.2) is 4.52 Å². The molecule has 1 heterocycles. The number of aromatic nitrogens is 2. The number of carbonyl (C=O) groups excluding carboxylic acids is 1. The van der Waals surface area contributed by atoms with E-state index in [0.717, 1.165) is 12.8 Å². The summed E-state index contributed by atoms with van der Waals surface area (Å²) in [7, 11) is 0. The first kappa shape index (κ1) is 14.7. The molecular formula is C13H22N2O3. The molecule has 0 N–H and O–H groups in total. The van der Waals surface area contributed by atoms with E-state index in [9.17, 15) is 4.79 Å². The maximum atomic E-state index is 11.8. The van der Waals surface area contributed by atoms with E-state index in [0.29, 0.717) is 24.2 Å². The van der Waals surface area contributed by atoms with Crippen LogP contribution in [0.2, 0.25) is 0 Å². The maximum Gasteiger partial charge on any atom is 0.321 e. The summed E-state index contributed by atoms with van der Waals surface area (Å²) < 4.78 is 10.2. The van der Waals surface area contributed by atoms with Crippen molar-refractivity contribution < 1.29 is 14.1 Å². The zero-order valence-corrected chi connectivity index (χ0v) is 11.8. The van der Waals surface area contributed by atoms with Crippen LogP contribution in [0.4, 0.5) is 0 Å². The number of esters is 1. The molecule has 0 radical (unpaired) electrons. The van der Waals surface area contributed by atoms with Gasteiger partial charge in [-0.3, -0.25) is 4.79 Å². The van der Waals surface area contributed by atoms with Crippen molar-refractivity contribution >= 4 is 5.97 Å². The molecule has 5 heteroatoms. The van der Waals surface area contributed by atoms with E-state index < -0.39 is 5.41 Å². The predicted octanol–water partition coefficient (Wildman–Crippen LogP) is 2.50. The summed E-state index contributed by atoms with van der Waals surface area (Å²) in [6.45, 7) is 9.86. The summed E-state index contributed by atoms with van der Waals surface area (Å²) in [5.74, 6) is 1.21. The van der Waals surface area contributed by atoms with Crippen molar-refractivity contribution in [2.45, 2.75) is 52.9 Å². The van der Waals surface area contributed by atoms with Gasteiger partial charge < -0.3 is 9.26 Å². The van der Waals surface area contributed by atoms with Crippen LogP contribution in [-0.2, 0) is 21.4 Å². The highest BCUT2D eigenvalue weighted by Crippen LogP contribution is 2.23. The van der Waals surface area contributed by atoms with Crippen LogP contribution >= 0.6 is 0 Å². The number of hydrogen-bond donors (Lipinski definition) is 0. The molecule has 1 aromatic rings. The molecule has 0 spiro atoms. The van der Waals surface area contributed by atoms with Crippen LogP contribution in [0.3, 0.4) is 0 Å². The summed E-state index contributed by atoms with van der Waals surface area (Å²) in [5.41, 5.74) is -0.890. The fourth-order valence-electron chi connectivity index (χ4n) is 1.43. The van der Waals surface area contributed by atoms with Gasteiger partial charge in [-0.05, 0) is 33.1 Å². The Balaban J connectivity index is 2.74. The zero-order chi connectivity index (χ0) is 13.8. The molecule has 18 heavy (non-hydrogen) atoms. The molecule has 5 nitrogen and oxygen atoms in total. The number of nitrogens with zero attached hydrogens (tertiary/aromatic N) is 2. The van der Waals surface area contributed by atoms with Gasteiger partial charge in [0.25, 0.3) is 0 Å². The lowest BCUT2D eigenvalue weighted by Gasteiger charge is -2.16. The molecule has 0 saturated heterocycles. The van der Waals surface area contributed by atoms with Gasteiger partial charge in [-0.25, -0.2) is 0 Å². The van der Waals surface area contributed by atoms with E-state index >= 15 is 0 Å². The average molecular weight is 254 g/mol. The van der Waals surface area contributed by atoms with E-state index in [1.807, 2.05) is 0 Å². The first-order valence-electron chi connectivity index (χ1n) is 6.38. The van der Waals surface area contributed by atoms with Crippen molar-refractivity contribution in [3.63, 3.8) is 0 Å². The van der Waals surface area contributed by atoms with Gasteiger partial charge in [0.05, 0.1) is 6.61 Å². The van der Waals surface area contributed by atoms with E-state index in [1.165, 1.54) is 0 Å². The van der Waals surface area contributed by atoms with Gasteiger partial charge in [0.15, 0.2) is 5.82 Å². The monoisotopic (exact) mass is 254 g/mol. The normalized spacial score (nSPS) is 11.9. The number of ether oxygens (including phenoxy) is 1. The summed E-state index contributed by atoms with van der Waals surface area (Å²) in [5, 5.41) is 3.90. The van der Waals surface area contributed by atoms with Gasteiger partial charge in [-0.15, -0.1) is 0 Å². The zero-order valence-electron chi connectivity index (χ0n) is 11.8. The van der Waals surface area contributed by atoms with E-state index in [4.69, 9.17) is 9.26 Å². The van der Waals surface area contributed by atoms with Crippen LogP contribution in [0, 0.1) is 5.92 Å². The van der Waals surface area contributed by atoms with Gasteiger partial charge in [-0.2, -0.15) is 4.98 Å². The third-order valence-electron chi connectivity index (χ3n) is 2.73. The first-order valence-corrected chi connectivity index (χ1v) is 6.38. The third-order valence-corrected chi connectivity index (χ3v) is 2.73. The van der Waals surface area contributed by atoms with Crippen molar-refractivity contribution in [2.24, 2.45) is 5.92 Å². The lowest BCUT2D eigenvalue weighted by molar-refractivity contribution is -0.149. The van der Waals surface area contributed by atoms with Crippen LogP contribution in [-0.4, -0.2) is 22.7 Å². The van der Waals surface area contributed by atoms with Gasteiger partial charge >= 0.3 is 5.97 Å². The Morgan fingerprint density at radius 3 is 2.67 bits per heavy atom. The van der Waals surface area contributed by atoms with Crippen molar-refractivity contribution in [1.29, 1.82) is 0 Å². The highest BCUT2D eigenvalue weighted by molar-refractivity contribution is 5.80. The molecule has 1 rings (SSSR count). The molecule has 0 aromatic carbocycles. The lowest BCUT2D eigenvalue weighted by atomic mass is 9.94. The number of rotatable bonds is 6. The first-order chi connectivity index (χ1) is 8.37. The number of hydrogen-bond acceptors (Lipinski definition) is 5. The van der Waals surface area contributed by atoms with Crippen molar-refractivity contribution in [3.05, 3.63) is 11.7 Å². The van der Waals surface area contributed by atoms with Gasteiger partial charge in [0.1, 0.15) is 5.41 Å². The second kappa shape index (κ2) is 5.98. The van der Waals surface area contributed by atoms with E-state index in [-0.39, 0.29) is 5.97 Å². The molecule has 0 aliphatic heterocycles. The smallest absolute Gasteiger partial charge is 0.321 e. The molecule has 0 aliphatic rings. The standard InChI is InChI=1S/C13H22N2O3/c1-6-17-12(16)13(4,5)11-14-10(15-18-11)8-7-9(2)3/h9H,6-8H2,1-5H3. The Bertz CT molecular complexity index is 397. The lowest BCUT2D eigenvalue weighted by Crippen LogP contribution is -2.31. The van der Waals surface area contributed by atoms with Crippen LogP contribution in [0.5, 0.6) is 0 Å². The Kier molecular flexibility index (Phi) is 4.87. The van der Waals surface area contributed by atoms with Gasteiger partial charge in [-0.1, -0.05) is 19.0 Å². The number of carbonyl (C=O) groups is 1. The molecule has 0 saturated carbocycles. The van der Waals surface area contributed by atoms with Crippen molar-refractivity contribution in [1.82, 2.24) is 10.1 Å². The fourth-order valence-corrected chi connectivity index (χ4v) is 1.43. The third kappa shape index (κ3) is 3.55. The van der Waals surface area contributed by atoms with Crippen molar-refractivity contribution in [2.75, 3.05) is 6.61 Å². The molecule has 0 amide bonds. The minimum absolute atomic E-state index is 0.319. The summed E-state index contributed by atoms with van der Waals surface area (Å²) >= 11 is 0. The highest BCUT2D eigenvalue weighted by atomic mass is 16.5. The van der Waals surface area contributed by atoms with E-state index in [2.05, 4.69) is 24.0 Å². The highest BCUT2D eigenvalue weighted by Gasteiger charge is 2.37. The fraction of sp³-hybridized carbons (Fsp3) is 0.769. The minimum atomic E-state index is -0.890. The number of aryl methyl sites for hydroxylation is 1.